The highest BCUT2D eigenvalue weighted by Gasteiger charge is 2.23. The van der Waals surface area contributed by atoms with Gasteiger partial charge in [0.1, 0.15) is 12.4 Å². The minimum Gasteiger partial charge on any atom is -0.384 e. The normalized spacial score (nSPS) is 18.0. The van der Waals surface area contributed by atoms with Crippen molar-refractivity contribution in [1.82, 2.24) is 4.90 Å². The fourth-order valence-corrected chi connectivity index (χ4v) is 2.65. The Morgan fingerprint density at radius 1 is 1.52 bits per heavy atom. The Kier molecular flexibility index (Phi) is 5.35. The number of nitrogens with zero attached hydrogens (tertiary/aromatic N) is 1. The number of amides is 1. The third kappa shape index (κ3) is 3.83. The third-order valence-electron chi connectivity index (χ3n) is 3.90. The first-order valence-electron chi connectivity index (χ1n) is 7.34. The van der Waals surface area contributed by atoms with Crippen LogP contribution in [0.15, 0.2) is 18.2 Å². The summed E-state index contributed by atoms with van der Waals surface area (Å²) in [6, 6.07) is 4.33. The molecule has 1 atom stereocenters. The van der Waals surface area contributed by atoms with Crippen molar-refractivity contribution in [2.45, 2.75) is 26.2 Å². The second kappa shape index (κ2) is 7.24. The Balaban J connectivity index is 2.14. The number of aliphatic hydroxyl groups excluding tert-OH is 1. The molecule has 1 aromatic rings. The van der Waals surface area contributed by atoms with Crippen LogP contribution in [0.3, 0.4) is 0 Å². The van der Waals surface area contributed by atoms with Crippen LogP contribution in [0.5, 0.6) is 0 Å². The molecule has 1 aromatic carbocycles. The van der Waals surface area contributed by atoms with E-state index in [-0.39, 0.29) is 18.1 Å². The summed E-state index contributed by atoms with van der Waals surface area (Å²) in [5.41, 5.74) is 0.560. The van der Waals surface area contributed by atoms with Crippen LogP contribution in [0.25, 0.3) is 0 Å². The van der Waals surface area contributed by atoms with Gasteiger partial charge in [-0.1, -0.05) is 25.2 Å². The van der Waals surface area contributed by atoms with Crippen molar-refractivity contribution in [3.63, 3.8) is 0 Å². The van der Waals surface area contributed by atoms with Gasteiger partial charge in [0.25, 0.3) is 5.91 Å². The van der Waals surface area contributed by atoms with Gasteiger partial charge in [0.15, 0.2) is 0 Å². The molecule has 0 aliphatic carbocycles. The van der Waals surface area contributed by atoms with Crippen molar-refractivity contribution >= 4 is 5.91 Å². The zero-order chi connectivity index (χ0) is 15.2. The van der Waals surface area contributed by atoms with Crippen LogP contribution in [0.1, 0.15) is 42.1 Å². The second-order valence-corrected chi connectivity index (χ2v) is 5.32. The van der Waals surface area contributed by atoms with E-state index in [9.17, 15) is 9.18 Å². The van der Waals surface area contributed by atoms with E-state index in [2.05, 4.69) is 18.8 Å². The minimum absolute atomic E-state index is 0.117. The SMILES string of the molecule is CCC1CCCN(C(=O)c2ccc(C#CCO)c(F)c2)C1. The van der Waals surface area contributed by atoms with E-state index >= 15 is 0 Å². The standard InChI is InChI=1S/C17H20FNO2/c1-2-13-5-3-9-19(12-13)17(21)15-8-7-14(6-4-10-20)16(18)11-15/h7-8,11,13,20H,2-3,5,9-10,12H2,1H3. The van der Waals surface area contributed by atoms with Gasteiger partial charge in [-0.3, -0.25) is 4.79 Å². The van der Waals surface area contributed by atoms with Gasteiger partial charge in [-0.05, 0) is 37.0 Å². The van der Waals surface area contributed by atoms with Crippen molar-refractivity contribution in [3.8, 4) is 11.8 Å². The Hall–Kier alpha value is -1.86. The van der Waals surface area contributed by atoms with Gasteiger partial charge in [0.2, 0.25) is 0 Å². The quantitative estimate of drug-likeness (QED) is 0.850. The molecule has 21 heavy (non-hydrogen) atoms. The predicted octanol–water partition coefficient (Wildman–Crippen LogP) is 2.43. The van der Waals surface area contributed by atoms with E-state index in [4.69, 9.17) is 5.11 Å². The summed E-state index contributed by atoms with van der Waals surface area (Å²) in [4.78, 5) is 14.2. The number of likely N-dealkylation sites (tertiary alicyclic amines) is 1. The monoisotopic (exact) mass is 289 g/mol. The lowest BCUT2D eigenvalue weighted by atomic mass is 9.95. The molecule has 0 spiro atoms. The van der Waals surface area contributed by atoms with Crippen molar-refractivity contribution in [1.29, 1.82) is 0 Å². The topological polar surface area (TPSA) is 40.5 Å². The maximum Gasteiger partial charge on any atom is 0.253 e. The van der Waals surface area contributed by atoms with Crippen LogP contribution in [-0.2, 0) is 0 Å². The molecular formula is C17H20FNO2. The molecule has 2 rings (SSSR count). The molecule has 1 fully saturated rings. The van der Waals surface area contributed by atoms with Crippen molar-refractivity contribution < 1.29 is 14.3 Å². The highest BCUT2D eigenvalue weighted by Crippen LogP contribution is 2.21. The lowest BCUT2D eigenvalue weighted by Crippen LogP contribution is -2.39. The Bertz CT molecular complexity index is 574. The molecule has 1 aliphatic heterocycles. The number of aliphatic hydroxyl groups is 1. The number of hydrogen-bond donors (Lipinski definition) is 1. The molecule has 1 N–H and O–H groups in total. The molecular weight excluding hydrogens is 269 g/mol. The summed E-state index contributed by atoms with van der Waals surface area (Å²) in [6.07, 6.45) is 3.23. The summed E-state index contributed by atoms with van der Waals surface area (Å²) in [5, 5.41) is 8.62. The number of carbonyl (C=O) groups excluding carboxylic acids is 1. The van der Waals surface area contributed by atoms with Gasteiger partial charge < -0.3 is 10.0 Å². The number of piperidine rings is 1. The average molecular weight is 289 g/mol. The molecule has 0 aromatic heterocycles. The molecule has 0 saturated carbocycles. The van der Waals surface area contributed by atoms with E-state index in [1.807, 2.05) is 4.90 Å². The highest BCUT2D eigenvalue weighted by atomic mass is 19.1. The maximum absolute atomic E-state index is 13.9. The van der Waals surface area contributed by atoms with E-state index < -0.39 is 5.82 Å². The largest absolute Gasteiger partial charge is 0.384 e. The van der Waals surface area contributed by atoms with E-state index in [1.54, 1.807) is 6.07 Å². The fourth-order valence-electron chi connectivity index (χ4n) is 2.65. The zero-order valence-corrected chi connectivity index (χ0v) is 12.2. The first-order chi connectivity index (χ1) is 10.2. The summed E-state index contributed by atoms with van der Waals surface area (Å²) in [7, 11) is 0. The summed E-state index contributed by atoms with van der Waals surface area (Å²) < 4.78 is 13.9. The molecule has 1 amide bonds. The van der Waals surface area contributed by atoms with Crippen molar-refractivity contribution in [3.05, 3.63) is 35.1 Å². The van der Waals surface area contributed by atoms with Gasteiger partial charge in [0.05, 0.1) is 5.56 Å². The molecule has 1 aliphatic rings. The minimum atomic E-state index is -0.522. The van der Waals surface area contributed by atoms with Crippen LogP contribution in [0, 0.1) is 23.6 Å². The number of rotatable bonds is 2. The summed E-state index contributed by atoms with van der Waals surface area (Å²) in [6.45, 7) is 3.31. The highest BCUT2D eigenvalue weighted by molar-refractivity contribution is 5.94. The van der Waals surface area contributed by atoms with Crippen molar-refractivity contribution in [2.75, 3.05) is 19.7 Å². The Labute approximate surface area is 124 Å². The molecule has 1 heterocycles. The summed E-state index contributed by atoms with van der Waals surface area (Å²) >= 11 is 0. The molecule has 1 unspecified atom stereocenters. The summed E-state index contributed by atoms with van der Waals surface area (Å²) in [5.74, 6) is 4.83. The Morgan fingerprint density at radius 3 is 3.00 bits per heavy atom. The third-order valence-corrected chi connectivity index (χ3v) is 3.90. The molecule has 4 heteroatoms. The smallest absolute Gasteiger partial charge is 0.253 e. The molecule has 1 saturated heterocycles. The number of carbonyl (C=O) groups is 1. The van der Waals surface area contributed by atoms with Crippen LogP contribution >= 0.6 is 0 Å². The lowest BCUT2D eigenvalue weighted by molar-refractivity contribution is 0.0670. The first kappa shape index (κ1) is 15.5. The van der Waals surface area contributed by atoms with Crippen LogP contribution < -0.4 is 0 Å². The van der Waals surface area contributed by atoms with Crippen LogP contribution in [0.4, 0.5) is 4.39 Å². The first-order valence-corrected chi connectivity index (χ1v) is 7.34. The maximum atomic E-state index is 13.9. The van der Waals surface area contributed by atoms with E-state index in [0.717, 1.165) is 32.4 Å². The van der Waals surface area contributed by atoms with E-state index in [1.165, 1.54) is 12.1 Å². The number of hydrogen-bond acceptors (Lipinski definition) is 2. The zero-order valence-electron chi connectivity index (χ0n) is 12.2. The second-order valence-electron chi connectivity index (χ2n) is 5.32. The lowest BCUT2D eigenvalue weighted by Gasteiger charge is -2.32. The van der Waals surface area contributed by atoms with Crippen LogP contribution in [0.2, 0.25) is 0 Å². The number of halogens is 1. The molecule has 0 bridgehead atoms. The predicted molar refractivity (Wildman–Crippen MR) is 79.3 cm³/mol. The number of benzene rings is 1. The van der Waals surface area contributed by atoms with Gasteiger partial charge in [-0.15, -0.1) is 0 Å². The molecule has 3 nitrogen and oxygen atoms in total. The van der Waals surface area contributed by atoms with Gasteiger partial charge in [0, 0.05) is 18.7 Å². The average Bonchev–Trinajstić information content (AvgIpc) is 2.53. The molecule has 112 valence electrons. The van der Waals surface area contributed by atoms with Gasteiger partial charge in [-0.2, -0.15) is 0 Å². The Morgan fingerprint density at radius 2 is 2.33 bits per heavy atom. The molecule has 0 radical (unpaired) electrons. The van der Waals surface area contributed by atoms with Gasteiger partial charge in [-0.25, -0.2) is 4.39 Å². The van der Waals surface area contributed by atoms with Crippen LogP contribution in [-0.4, -0.2) is 35.6 Å². The van der Waals surface area contributed by atoms with Crippen molar-refractivity contribution in [2.24, 2.45) is 5.92 Å². The van der Waals surface area contributed by atoms with Gasteiger partial charge >= 0.3 is 0 Å². The fraction of sp³-hybridized carbons (Fsp3) is 0.471. The van der Waals surface area contributed by atoms with E-state index in [0.29, 0.717) is 11.5 Å².